The molecule has 196 valence electrons. The molecule has 0 aliphatic rings. The number of aryl methyl sites for hydroxylation is 2. The van der Waals surface area contributed by atoms with E-state index in [0.717, 1.165) is 12.1 Å². The molecule has 0 aliphatic heterocycles. The molecule has 1 amide bonds. The molecule has 0 saturated carbocycles. The Kier molecular flexibility index (Phi) is 8.10. The number of benzene rings is 2. The van der Waals surface area contributed by atoms with Crippen LogP contribution in [0, 0.1) is 13.8 Å². The van der Waals surface area contributed by atoms with Crippen LogP contribution in [-0.4, -0.2) is 34.2 Å². The topological polar surface area (TPSA) is 97.8 Å². The first-order valence-corrected chi connectivity index (χ1v) is 11.4. The summed E-state index contributed by atoms with van der Waals surface area (Å²) in [4.78, 5) is 28.0. The first kappa shape index (κ1) is 27.5. The van der Waals surface area contributed by atoms with Crippen LogP contribution in [0.4, 0.5) is 18.9 Å². The van der Waals surface area contributed by atoms with Gasteiger partial charge in [-0.05, 0) is 75.7 Å². The van der Waals surface area contributed by atoms with Crippen LogP contribution < -0.4 is 14.8 Å². The van der Waals surface area contributed by atoms with Crippen molar-refractivity contribution < 1.29 is 37.3 Å². The number of carboxylic acid groups (broad SMARTS) is 1. The number of carboxylic acids is 1. The van der Waals surface area contributed by atoms with Crippen molar-refractivity contribution in [2.24, 2.45) is 0 Å². The number of ether oxygens (including phenoxy) is 2. The van der Waals surface area contributed by atoms with Gasteiger partial charge in [-0.25, -0.2) is 4.79 Å². The van der Waals surface area contributed by atoms with Crippen molar-refractivity contribution in [3.63, 3.8) is 0 Å². The third-order valence-corrected chi connectivity index (χ3v) is 5.49. The van der Waals surface area contributed by atoms with Gasteiger partial charge in [-0.2, -0.15) is 13.2 Å². The molecule has 0 fully saturated rings. The summed E-state index contributed by atoms with van der Waals surface area (Å²) in [6.07, 6.45) is -4.35. The fourth-order valence-corrected chi connectivity index (χ4v) is 3.30. The number of nitrogens with zero attached hydrogens (tertiary/aromatic N) is 1. The van der Waals surface area contributed by atoms with Gasteiger partial charge in [-0.3, -0.25) is 9.78 Å². The second-order valence-corrected chi connectivity index (χ2v) is 8.90. The first-order valence-electron chi connectivity index (χ1n) is 11.4. The van der Waals surface area contributed by atoms with Crippen molar-refractivity contribution in [3.05, 3.63) is 71.4 Å². The molecule has 0 aliphatic carbocycles. The predicted octanol–water partition coefficient (Wildman–Crippen LogP) is 6.03. The maximum absolute atomic E-state index is 12.8. The summed E-state index contributed by atoms with van der Waals surface area (Å²) < 4.78 is 49.5. The smallest absolute Gasteiger partial charge is 0.416 e. The fraction of sp³-hybridized carbons (Fsp3) is 0.296. The van der Waals surface area contributed by atoms with Crippen LogP contribution in [0.1, 0.15) is 37.1 Å². The zero-order valence-electron chi connectivity index (χ0n) is 20.8. The number of rotatable bonds is 9. The summed E-state index contributed by atoms with van der Waals surface area (Å²) in [6.45, 7) is 6.46. The molecule has 0 unspecified atom stereocenters. The molecule has 0 radical (unpaired) electrons. The number of pyridine rings is 1. The standard InChI is InChI=1S/C27H27F3N2O5/c1-16-15-20(9-12-23(16)37-26(3,4)25(34)35)36-14-13-24(33)32-21-10-11-22(31-17(21)2)18-5-7-19(8-6-18)27(28,29)30/h5-12,15H,13-14H2,1-4H3,(H,32,33)(H,34,35). The lowest BCUT2D eigenvalue weighted by Crippen LogP contribution is -2.38. The van der Waals surface area contributed by atoms with Gasteiger partial charge in [0, 0.05) is 5.56 Å². The molecule has 0 bridgehead atoms. The van der Waals surface area contributed by atoms with Gasteiger partial charge in [0.2, 0.25) is 5.91 Å². The summed E-state index contributed by atoms with van der Waals surface area (Å²) in [5.41, 5.74) is 0.587. The minimum atomic E-state index is -4.41. The Labute approximate surface area is 212 Å². The second kappa shape index (κ2) is 10.9. The number of hydrogen-bond donors (Lipinski definition) is 2. The zero-order chi connectivity index (χ0) is 27.4. The Balaban J connectivity index is 1.54. The van der Waals surface area contributed by atoms with Crippen LogP contribution in [-0.2, 0) is 15.8 Å². The third kappa shape index (κ3) is 7.22. The van der Waals surface area contributed by atoms with Crippen LogP contribution in [0.15, 0.2) is 54.6 Å². The van der Waals surface area contributed by atoms with Crippen molar-refractivity contribution >= 4 is 17.6 Å². The first-order chi connectivity index (χ1) is 17.3. The lowest BCUT2D eigenvalue weighted by Gasteiger charge is -2.23. The molecule has 3 aromatic rings. The van der Waals surface area contributed by atoms with Gasteiger partial charge >= 0.3 is 12.1 Å². The van der Waals surface area contributed by atoms with E-state index in [9.17, 15) is 27.9 Å². The van der Waals surface area contributed by atoms with Gasteiger partial charge in [0.05, 0.1) is 35.7 Å². The second-order valence-electron chi connectivity index (χ2n) is 8.90. The van der Waals surface area contributed by atoms with E-state index in [4.69, 9.17) is 9.47 Å². The fourth-order valence-electron chi connectivity index (χ4n) is 3.30. The zero-order valence-corrected chi connectivity index (χ0v) is 20.8. The molecule has 1 aromatic heterocycles. The molecule has 2 aromatic carbocycles. The number of nitrogens with one attached hydrogen (secondary N) is 1. The van der Waals surface area contributed by atoms with Crippen molar-refractivity contribution in [3.8, 4) is 22.8 Å². The van der Waals surface area contributed by atoms with E-state index >= 15 is 0 Å². The number of halogens is 3. The highest BCUT2D eigenvalue weighted by atomic mass is 19.4. The highest BCUT2D eigenvalue weighted by molar-refractivity contribution is 5.91. The van der Waals surface area contributed by atoms with Gasteiger partial charge in [0.1, 0.15) is 11.5 Å². The number of anilines is 1. The van der Waals surface area contributed by atoms with E-state index in [1.165, 1.54) is 26.0 Å². The van der Waals surface area contributed by atoms with Crippen molar-refractivity contribution in [1.82, 2.24) is 4.98 Å². The molecule has 0 atom stereocenters. The number of aromatic nitrogens is 1. The summed E-state index contributed by atoms with van der Waals surface area (Å²) in [7, 11) is 0. The van der Waals surface area contributed by atoms with Gasteiger partial charge in [0.25, 0.3) is 0 Å². The maximum Gasteiger partial charge on any atom is 0.416 e. The van der Waals surface area contributed by atoms with Gasteiger partial charge in [-0.15, -0.1) is 0 Å². The highest BCUT2D eigenvalue weighted by Gasteiger charge is 2.30. The van der Waals surface area contributed by atoms with Crippen molar-refractivity contribution in [1.29, 1.82) is 0 Å². The summed E-state index contributed by atoms with van der Waals surface area (Å²) >= 11 is 0. The van der Waals surface area contributed by atoms with E-state index in [1.54, 1.807) is 44.2 Å². The Morgan fingerprint density at radius 1 is 1.00 bits per heavy atom. The van der Waals surface area contributed by atoms with Crippen LogP contribution in [0.5, 0.6) is 11.5 Å². The van der Waals surface area contributed by atoms with Gasteiger partial charge < -0.3 is 19.9 Å². The quantitative estimate of drug-likeness (QED) is 0.360. The number of hydrogen-bond acceptors (Lipinski definition) is 5. The maximum atomic E-state index is 12.8. The van der Waals surface area contributed by atoms with E-state index < -0.39 is 23.3 Å². The predicted molar refractivity (Wildman–Crippen MR) is 132 cm³/mol. The van der Waals surface area contributed by atoms with Crippen LogP contribution in [0.2, 0.25) is 0 Å². The number of alkyl halides is 3. The van der Waals surface area contributed by atoms with Crippen molar-refractivity contribution in [2.45, 2.75) is 45.9 Å². The Morgan fingerprint density at radius 3 is 2.24 bits per heavy atom. The number of carbonyl (C=O) groups is 2. The lowest BCUT2D eigenvalue weighted by atomic mass is 10.1. The Hall–Kier alpha value is -4.08. The molecular weight excluding hydrogens is 489 g/mol. The third-order valence-electron chi connectivity index (χ3n) is 5.49. The number of aliphatic carboxylic acids is 1. The van der Waals surface area contributed by atoms with Crippen LogP contribution in [0.3, 0.4) is 0 Å². The molecule has 37 heavy (non-hydrogen) atoms. The van der Waals surface area contributed by atoms with E-state index in [1.807, 2.05) is 0 Å². The molecule has 2 N–H and O–H groups in total. The number of carbonyl (C=O) groups excluding carboxylic acids is 1. The summed E-state index contributed by atoms with van der Waals surface area (Å²) in [5.74, 6) is -0.463. The van der Waals surface area contributed by atoms with Crippen LogP contribution in [0.25, 0.3) is 11.3 Å². The minimum absolute atomic E-state index is 0.0590. The molecule has 0 spiro atoms. The Morgan fingerprint density at radius 2 is 1.68 bits per heavy atom. The minimum Gasteiger partial charge on any atom is -0.493 e. The van der Waals surface area contributed by atoms with E-state index in [0.29, 0.717) is 39.7 Å². The SMILES string of the molecule is Cc1cc(OCCC(=O)Nc2ccc(-c3ccc(C(F)(F)F)cc3)nc2C)ccc1OC(C)(C)C(=O)O. The monoisotopic (exact) mass is 516 g/mol. The van der Waals surface area contributed by atoms with Crippen LogP contribution >= 0.6 is 0 Å². The normalized spacial score (nSPS) is 11.6. The molecular formula is C27H27F3N2O5. The summed E-state index contributed by atoms with van der Waals surface area (Å²) in [5, 5.41) is 12.0. The molecule has 7 nitrogen and oxygen atoms in total. The number of amides is 1. The van der Waals surface area contributed by atoms with E-state index in [-0.39, 0.29) is 18.9 Å². The van der Waals surface area contributed by atoms with Gasteiger partial charge in [0.15, 0.2) is 5.60 Å². The van der Waals surface area contributed by atoms with E-state index in [2.05, 4.69) is 10.3 Å². The summed E-state index contributed by atoms with van der Waals surface area (Å²) in [6, 6.07) is 12.9. The van der Waals surface area contributed by atoms with Crippen molar-refractivity contribution in [2.75, 3.05) is 11.9 Å². The van der Waals surface area contributed by atoms with Gasteiger partial charge in [-0.1, -0.05) is 12.1 Å². The largest absolute Gasteiger partial charge is 0.493 e. The molecule has 3 rings (SSSR count). The molecule has 0 saturated heterocycles. The molecule has 1 heterocycles. The Bertz CT molecular complexity index is 1290. The average molecular weight is 517 g/mol. The highest BCUT2D eigenvalue weighted by Crippen LogP contribution is 2.31. The average Bonchev–Trinajstić information content (AvgIpc) is 2.81. The lowest BCUT2D eigenvalue weighted by molar-refractivity contribution is -0.152. The molecule has 10 heteroatoms.